The Morgan fingerprint density at radius 1 is 0.870 bits per heavy atom. The van der Waals surface area contributed by atoms with Gasteiger partial charge in [0.15, 0.2) is 0 Å². The van der Waals surface area contributed by atoms with E-state index in [4.69, 9.17) is 27.9 Å². The van der Waals surface area contributed by atoms with Crippen LogP contribution in [0.4, 0.5) is 0 Å². The van der Waals surface area contributed by atoms with Gasteiger partial charge in [-0.3, -0.25) is 0 Å². The first kappa shape index (κ1) is 23.0. The maximum atomic E-state index is 10.8. The summed E-state index contributed by atoms with van der Waals surface area (Å²) in [6, 6.07) is 1.18. The predicted molar refractivity (Wildman–Crippen MR) is 103 cm³/mol. The predicted octanol–water partition coefficient (Wildman–Crippen LogP) is 6.28. The van der Waals surface area contributed by atoms with Gasteiger partial charge < -0.3 is 4.74 Å². The summed E-state index contributed by atoms with van der Waals surface area (Å²) in [7, 11) is 0.700. The Balaban J connectivity index is 3.02. The highest BCUT2D eigenvalue weighted by Gasteiger charge is 1.99. The number of unbranched alkanes of at least 4 members (excludes halogenated alkanes) is 11. The van der Waals surface area contributed by atoms with E-state index in [2.05, 4.69) is 6.58 Å². The molecule has 0 fully saturated rings. The molecule has 134 valence electrons. The lowest BCUT2D eigenvalue weighted by Crippen LogP contribution is -2.01. The van der Waals surface area contributed by atoms with Crippen LogP contribution in [0.5, 0.6) is 0 Å². The monoisotopic (exact) mass is 378 g/mol. The number of ether oxygens (including phenoxy) is 1. The van der Waals surface area contributed by atoms with Crippen LogP contribution in [-0.4, -0.2) is 26.6 Å². The number of hydrogen-bond acceptors (Lipinski definition) is 2. The molecule has 0 saturated carbocycles. The molecule has 0 rings (SSSR count). The average molecular weight is 379 g/mol. The molecule has 0 spiro atoms. The van der Waals surface area contributed by atoms with Gasteiger partial charge >= 0.3 is 5.97 Å². The van der Waals surface area contributed by atoms with E-state index in [0.29, 0.717) is 16.1 Å². The number of esters is 1. The standard InChI is InChI=1S/C18H32Cl2O2Si/c1-2-17(21)22-15-13-11-9-7-5-3-4-6-8-10-12-14-16-23-18(19)20/h2,18H,1,3-16H2. The summed E-state index contributed by atoms with van der Waals surface area (Å²) in [5.74, 6) is -0.312. The summed E-state index contributed by atoms with van der Waals surface area (Å²) >= 11 is 11.4. The van der Waals surface area contributed by atoms with Crippen molar-refractivity contribution in [1.29, 1.82) is 0 Å². The van der Waals surface area contributed by atoms with E-state index in [1.54, 1.807) is 0 Å². The summed E-state index contributed by atoms with van der Waals surface area (Å²) in [6.07, 6.45) is 16.6. The fraction of sp³-hybridized carbons (Fsp3) is 0.833. The zero-order valence-electron chi connectivity index (χ0n) is 14.3. The molecule has 23 heavy (non-hydrogen) atoms. The normalized spacial score (nSPS) is 10.9. The molecular weight excluding hydrogens is 347 g/mol. The molecule has 0 heterocycles. The first-order chi connectivity index (χ1) is 11.2. The lowest BCUT2D eigenvalue weighted by Gasteiger charge is -2.04. The summed E-state index contributed by atoms with van der Waals surface area (Å²) in [5, 5.41) is 0. The Morgan fingerprint density at radius 3 is 1.74 bits per heavy atom. The molecular formula is C18H32Cl2O2Si. The van der Waals surface area contributed by atoms with Gasteiger partial charge in [-0.15, -0.1) is 23.2 Å². The molecule has 2 radical (unpaired) electrons. The lowest BCUT2D eigenvalue weighted by molar-refractivity contribution is -0.137. The summed E-state index contributed by atoms with van der Waals surface area (Å²) < 4.78 is 4.78. The summed E-state index contributed by atoms with van der Waals surface area (Å²) in [6.45, 7) is 3.90. The van der Waals surface area contributed by atoms with Gasteiger partial charge in [-0.05, 0) is 6.42 Å². The van der Waals surface area contributed by atoms with E-state index in [9.17, 15) is 4.79 Å². The highest BCUT2D eigenvalue weighted by Crippen LogP contribution is 2.13. The van der Waals surface area contributed by atoms with Crippen molar-refractivity contribution in [3.8, 4) is 0 Å². The smallest absolute Gasteiger partial charge is 0.330 e. The van der Waals surface area contributed by atoms with Gasteiger partial charge in [0.25, 0.3) is 0 Å². The second-order valence-corrected chi connectivity index (χ2v) is 9.18. The Labute approximate surface area is 155 Å². The van der Waals surface area contributed by atoms with Crippen LogP contribution in [0.2, 0.25) is 6.04 Å². The quantitative estimate of drug-likeness (QED) is 0.0977. The number of rotatable bonds is 17. The zero-order valence-corrected chi connectivity index (χ0v) is 16.8. The van der Waals surface area contributed by atoms with Crippen LogP contribution in [0, 0.1) is 0 Å². The van der Waals surface area contributed by atoms with Crippen LogP contribution in [0.25, 0.3) is 0 Å². The maximum Gasteiger partial charge on any atom is 0.330 e. The summed E-state index contributed by atoms with van der Waals surface area (Å²) in [4.78, 5) is 10.8. The zero-order chi connectivity index (χ0) is 17.2. The van der Waals surface area contributed by atoms with Gasteiger partial charge in [0.1, 0.15) is 0 Å². The highest BCUT2D eigenvalue weighted by atomic mass is 35.5. The van der Waals surface area contributed by atoms with Crippen LogP contribution in [0.1, 0.15) is 77.0 Å². The van der Waals surface area contributed by atoms with Crippen LogP contribution >= 0.6 is 23.2 Å². The van der Waals surface area contributed by atoms with Gasteiger partial charge in [-0.1, -0.05) is 83.3 Å². The van der Waals surface area contributed by atoms with Crippen LogP contribution in [0.3, 0.4) is 0 Å². The largest absolute Gasteiger partial charge is 0.463 e. The fourth-order valence-electron chi connectivity index (χ4n) is 2.44. The van der Waals surface area contributed by atoms with Crippen molar-refractivity contribution in [3.05, 3.63) is 12.7 Å². The molecule has 0 aromatic carbocycles. The molecule has 0 saturated heterocycles. The van der Waals surface area contributed by atoms with Crippen LogP contribution in [-0.2, 0) is 9.53 Å². The Hall–Kier alpha value is 0.00688. The van der Waals surface area contributed by atoms with Crippen molar-refractivity contribution in [1.82, 2.24) is 0 Å². The fourth-order valence-corrected chi connectivity index (χ4v) is 3.76. The second kappa shape index (κ2) is 18.3. The van der Waals surface area contributed by atoms with Gasteiger partial charge in [-0.2, -0.15) is 0 Å². The minimum Gasteiger partial charge on any atom is -0.463 e. The molecule has 0 aromatic rings. The number of alkyl halides is 2. The molecule has 5 heteroatoms. The molecule has 0 aliphatic rings. The lowest BCUT2D eigenvalue weighted by atomic mass is 10.1. The van der Waals surface area contributed by atoms with Crippen molar-refractivity contribution in [2.75, 3.05) is 6.61 Å². The van der Waals surface area contributed by atoms with Gasteiger partial charge in [0.2, 0.25) is 0 Å². The third-order valence-electron chi connectivity index (χ3n) is 3.78. The van der Waals surface area contributed by atoms with Crippen molar-refractivity contribution >= 4 is 38.7 Å². The van der Waals surface area contributed by atoms with Crippen molar-refractivity contribution in [2.24, 2.45) is 0 Å². The van der Waals surface area contributed by atoms with Crippen LogP contribution in [0.15, 0.2) is 12.7 Å². The molecule has 0 amide bonds. The molecule has 0 N–H and O–H groups in total. The van der Waals surface area contributed by atoms with E-state index in [1.807, 2.05) is 0 Å². The van der Waals surface area contributed by atoms with Gasteiger partial charge in [-0.25, -0.2) is 4.79 Å². The van der Waals surface area contributed by atoms with E-state index in [-0.39, 0.29) is 10.4 Å². The van der Waals surface area contributed by atoms with E-state index < -0.39 is 0 Å². The molecule has 0 unspecified atom stereocenters. The second-order valence-electron chi connectivity index (χ2n) is 5.87. The first-order valence-corrected chi connectivity index (χ1v) is 11.1. The average Bonchev–Trinajstić information content (AvgIpc) is 2.53. The number of halogens is 2. The van der Waals surface area contributed by atoms with E-state index >= 15 is 0 Å². The third kappa shape index (κ3) is 20.0. The SMILES string of the molecule is C=CC(=O)OCCCCCCCCCCCCCC[Si]C(Cl)Cl. The number of carbonyl (C=O) groups excluding carboxylic acids is 1. The van der Waals surface area contributed by atoms with Crippen molar-refractivity contribution in [2.45, 2.75) is 87.6 Å². The minimum atomic E-state index is -0.312. The Kier molecular flexibility index (Phi) is 18.4. The molecule has 0 bridgehead atoms. The highest BCUT2D eigenvalue weighted by molar-refractivity contribution is 6.68. The van der Waals surface area contributed by atoms with Crippen LogP contribution < -0.4 is 0 Å². The molecule has 0 aliphatic carbocycles. The summed E-state index contributed by atoms with van der Waals surface area (Å²) in [5.41, 5.74) is 0. The minimum absolute atomic E-state index is 0.155. The van der Waals surface area contributed by atoms with E-state index in [1.165, 1.54) is 76.3 Å². The van der Waals surface area contributed by atoms with Gasteiger partial charge in [0.05, 0.1) is 20.6 Å². The topological polar surface area (TPSA) is 26.3 Å². The van der Waals surface area contributed by atoms with E-state index in [0.717, 1.165) is 12.8 Å². The van der Waals surface area contributed by atoms with Gasteiger partial charge in [0, 0.05) is 6.08 Å². The maximum absolute atomic E-state index is 10.8. The molecule has 0 aromatic heterocycles. The number of hydrogen-bond donors (Lipinski definition) is 0. The van der Waals surface area contributed by atoms with Crippen molar-refractivity contribution in [3.63, 3.8) is 0 Å². The van der Waals surface area contributed by atoms with Crippen molar-refractivity contribution < 1.29 is 9.53 Å². The molecule has 2 nitrogen and oxygen atoms in total. The molecule has 0 aliphatic heterocycles. The Bertz CT molecular complexity index is 286. The molecule has 0 atom stereocenters. The number of carbonyl (C=O) groups is 1. The Morgan fingerprint density at radius 2 is 1.30 bits per heavy atom. The first-order valence-electron chi connectivity index (χ1n) is 8.97. The third-order valence-corrected chi connectivity index (χ3v) is 5.66.